The molecule has 1 saturated heterocycles. The SMILES string of the molecule is CSCCCNS(=O)(=O)CC1CCNCC1. The zero-order valence-electron chi connectivity index (χ0n) is 9.87. The van der Waals surface area contributed by atoms with Crippen molar-refractivity contribution in [3.05, 3.63) is 0 Å². The van der Waals surface area contributed by atoms with Crippen LogP contribution in [0, 0.1) is 5.92 Å². The van der Waals surface area contributed by atoms with Gasteiger partial charge in [0, 0.05) is 6.54 Å². The highest BCUT2D eigenvalue weighted by atomic mass is 32.2. The highest BCUT2D eigenvalue weighted by Gasteiger charge is 2.20. The van der Waals surface area contributed by atoms with Crippen molar-refractivity contribution in [3.63, 3.8) is 0 Å². The Hall–Kier alpha value is 0.220. The molecule has 0 bridgehead atoms. The first-order valence-corrected chi connectivity index (χ1v) is 8.85. The Morgan fingerprint density at radius 1 is 1.38 bits per heavy atom. The fourth-order valence-corrected chi connectivity index (χ4v) is 3.82. The van der Waals surface area contributed by atoms with E-state index in [9.17, 15) is 8.42 Å². The fourth-order valence-electron chi connectivity index (χ4n) is 1.86. The summed E-state index contributed by atoms with van der Waals surface area (Å²) in [6, 6.07) is 0. The third-order valence-corrected chi connectivity index (χ3v) is 5.01. The predicted octanol–water partition coefficient (Wildman–Crippen LogP) is 0.658. The van der Waals surface area contributed by atoms with Gasteiger partial charge in [0.1, 0.15) is 0 Å². The Kier molecular flexibility index (Phi) is 6.72. The maximum Gasteiger partial charge on any atom is 0.211 e. The maximum absolute atomic E-state index is 11.7. The van der Waals surface area contributed by atoms with Gasteiger partial charge in [0.2, 0.25) is 10.0 Å². The quantitative estimate of drug-likeness (QED) is 0.665. The molecule has 0 aromatic rings. The van der Waals surface area contributed by atoms with Gasteiger partial charge in [0.05, 0.1) is 5.75 Å². The van der Waals surface area contributed by atoms with Crippen LogP contribution in [0.2, 0.25) is 0 Å². The van der Waals surface area contributed by atoms with Crippen LogP contribution in [-0.4, -0.2) is 45.8 Å². The topological polar surface area (TPSA) is 58.2 Å². The van der Waals surface area contributed by atoms with E-state index in [4.69, 9.17) is 0 Å². The molecule has 0 atom stereocenters. The van der Waals surface area contributed by atoms with Gasteiger partial charge >= 0.3 is 0 Å². The van der Waals surface area contributed by atoms with Gasteiger partial charge in [-0.25, -0.2) is 13.1 Å². The third kappa shape index (κ3) is 6.08. The molecule has 0 unspecified atom stereocenters. The summed E-state index contributed by atoms with van der Waals surface area (Å²) >= 11 is 1.74. The fraction of sp³-hybridized carbons (Fsp3) is 1.00. The molecule has 0 radical (unpaired) electrons. The van der Waals surface area contributed by atoms with Gasteiger partial charge in [-0.05, 0) is 50.3 Å². The average Bonchev–Trinajstić information content (AvgIpc) is 2.25. The van der Waals surface area contributed by atoms with Crippen LogP contribution >= 0.6 is 11.8 Å². The lowest BCUT2D eigenvalue weighted by Crippen LogP contribution is -2.36. The molecule has 0 spiro atoms. The Morgan fingerprint density at radius 2 is 2.06 bits per heavy atom. The molecule has 1 rings (SSSR count). The number of hydrogen-bond donors (Lipinski definition) is 2. The Balaban J connectivity index is 2.22. The van der Waals surface area contributed by atoms with Crippen LogP contribution in [0.3, 0.4) is 0 Å². The van der Waals surface area contributed by atoms with E-state index in [-0.39, 0.29) is 0 Å². The molecule has 1 aliphatic heterocycles. The van der Waals surface area contributed by atoms with Crippen molar-refractivity contribution in [2.75, 3.05) is 37.4 Å². The molecule has 96 valence electrons. The van der Waals surface area contributed by atoms with Gasteiger partial charge in [0.15, 0.2) is 0 Å². The monoisotopic (exact) mass is 266 g/mol. The van der Waals surface area contributed by atoms with E-state index in [1.54, 1.807) is 11.8 Å². The molecule has 2 N–H and O–H groups in total. The van der Waals surface area contributed by atoms with Crippen LogP contribution in [0.15, 0.2) is 0 Å². The van der Waals surface area contributed by atoms with Crippen LogP contribution in [-0.2, 0) is 10.0 Å². The zero-order valence-corrected chi connectivity index (χ0v) is 11.5. The zero-order chi connectivity index (χ0) is 11.9. The Labute approximate surface area is 103 Å². The molecule has 1 heterocycles. The highest BCUT2D eigenvalue weighted by Crippen LogP contribution is 2.13. The van der Waals surface area contributed by atoms with Crippen LogP contribution in [0.1, 0.15) is 19.3 Å². The van der Waals surface area contributed by atoms with Gasteiger partial charge in [-0.15, -0.1) is 0 Å². The van der Waals surface area contributed by atoms with Crippen LogP contribution in [0.5, 0.6) is 0 Å². The molecular formula is C10H22N2O2S2. The highest BCUT2D eigenvalue weighted by molar-refractivity contribution is 7.98. The predicted molar refractivity (Wildman–Crippen MR) is 70.4 cm³/mol. The molecule has 0 amide bonds. The standard InChI is InChI=1S/C10H22N2O2S2/c1-15-8-2-5-12-16(13,14)9-10-3-6-11-7-4-10/h10-12H,2-9H2,1H3. The Morgan fingerprint density at radius 3 is 2.69 bits per heavy atom. The van der Waals surface area contributed by atoms with Gasteiger partial charge in [-0.1, -0.05) is 0 Å². The smallest absolute Gasteiger partial charge is 0.211 e. The van der Waals surface area contributed by atoms with Crippen LogP contribution < -0.4 is 10.0 Å². The van der Waals surface area contributed by atoms with Gasteiger partial charge in [-0.3, -0.25) is 0 Å². The molecule has 6 heteroatoms. The van der Waals surface area contributed by atoms with Gasteiger partial charge < -0.3 is 5.32 Å². The van der Waals surface area contributed by atoms with E-state index in [1.165, 1.54) is 0 Å². The summed E-state index contributed by atoms with van der Waals surface area (Å²) in [6.07, 6.45) is 4.90. The molecule has 1 aliphatic rings. The lowest BCUT2D eigenvalue weighted by molar-refractivity contribution is 0.400. The van der Waals surface area contributed by atoms with Crippen molar-refractivity contribution >= 4 is 21.8 Å². The average molecular weight is 266 g/mol. The first-order chi connectivity index (χ1) is 7.64. The largest absolute Gasteiger partial charge is 0.317 e. The molecule has 0 aromatic carbocycles. The number of nitrogens with one attached hydrogen (secondary N) is 2. The first kappa shape index (κ1) is 14.3. The van der Waals surface area contributed by atoms with Crippen molar-refractivity contribution in [2.24, 2.45) is 5.92 Å². The minimum atomic E-state index is -3.05. The van der Waals surface area contributed by atoms with E-state index in [0.29, 0.717) is 18.2 Å². The van der Waals surface area contributed by atoms with E-state index in [2.05, 4.69) is 10.0 Å². The summed E-state index contributed by atoms with van der Waals surface area (Å²) in [5.41, 5.74) is 0. The molecular weight excluding hydrogens is 244 g/mol. The van der Waals surface area contributed by atoms with E-state index in [1.807, 2.05) is 6.26 Å². The molecule has 4 nitrogen and oxygen atoms in total. The summed E-state index contributed by atoms with van der Waals surface area (Å²) in [6.45, 7) is 2.48. The second kappa shape index (κ2) is 7.53. The van der Waals surface area contributed by atoms with Crippen molar-refractivity contribution in [1.82, 2.24) is 10.0 Å². The van der Waals surface area contributed by atoms with Gasteiger partial charge in [-0.2, -0.15) is 11.8 Å². The molecule has 0 saturated carbocycles. The van der Waals surface area contributed by atoms with Crippen molar-refractivity contribution < 1.29 is 8.42 Å². The lowest BCUT2D eigenvalue weighted by Gasteiger charge is -2.22. The number of piperidine rings is 1. The third-order valence-electron chi connectivity index (χ3n) is 2.76. The molecule has 1 fully saturated rings. The number of sulfonamides is 1. The summed E-state index contributed by atoms with van der Waals surface area (Å²) in [5, 5.41) is 3.24. The normalized spacial score (nSPS) is 18.8. The first-order valence-electron chi connectivity index (χ1n) is 5.81. The van der Waals surface area contributed by atoms with Crippen LogP contribution in [0.4, 0.5) is 0 Å². The summed E-state index contributed by atoms with van der Waals surface area (Å²) in [7, 11) is -3.05. The summed E-state index contributed by atoms with van der Waals surface area (Å²) in [5.74, 6) is 1.64. The van der Waals surface area contributed by atoms with Crippen molar-refractivity contribution in [3.8, 4) is 0 Å². The van der Waals surface area contributed by atoms with E-state index >= 15 is 0 Å². The lowest BCUT2D eigenvalue weighted by atomic mass is 10.0. The van der Waals surface area contributed by atoms with Crippen molar-refractivity contribution in [1.29, 1.82) is 0 Å². The second-order valence-corrected chi connectivity index (χ2v) is 7.05. The van der Waals surface area contributed by atoms with E-state index < -0.39 is 10.0 Å². The van der Waals surface area contributed by atoms with E-state index in [0.717, 1.165) is 38.1 Å². The minimum absolute atomic E-state index is 0.300. The van der Waals surface area contributed by atoms with Crippen LogP contribution in [0.25, 0.3) is 0 Å². The molecule has 16 heavy (non-hydrogen) atoms. The van der Waals surface area contributed by atoms with Crippen molar-refractivity contribution in [2.45, 2.75) is 19.3 Å². The summed E-state index contributed by atoms with van der Waals surface area (Å²) in [4.78, 5) is 0. The summed E-state index contributed by atoms with van der Waals surface area (Å²) < 4.78 is 26.1. The number of hydrogen-bond acceptors (Lipinski definition) is 4. The number of thioether (sulfide) groups is 1. The Bertz CT molecular complexity index is 275. The molecule has 0 aliphatic carbocycles. The molecule has 0 aromatic heterocycles. The van der Waals surface area contributed by atoms with Gasteiger partial charge in [0.25, 0.3) is 0 Å². The number of rotatable bonds is 7. The minimum Gasteiger partial charge on any atom is -0.317 e. The second-order valence-electron chi connectivity index (χ2n) is 4.22. The maximum atomic E-state index is 11.7.